The van der Waals surface area contributed by atoms with Crippen LogP contribution in [0.4, 0.5) is 0 Å². The van der Waals surface area contributed by atoms with Crippen LogP contribution < -0.4 is 0 Å². The molecule has 0 saturated carbocycles. The Labute approximate surface area is 111 Å². The van der Waals surface area contributed by atoms with Crippen LogP contribution in [0.15, 0.2) is 24.5 Å². The molecule has 0 atom stereocenters. The van der Waals surface area contributed by atoms with Gasteiger partial charge >= 0.3 is 0 Å². The number of aromatic nitrogens is 5. The maximum atomic E-state index is 5.32. The second-order valence-corrected chi connectivity index (χ2v) is 4.40. The van der Waals surface area contributed by atoms with Crippen molar-refractivity contribution in [1.29, 1.82) is 0 Å². The van der Waals surface area contributed by atoms with Gasteiger partial charge in [-0.25, -0.2) is 0 Å². The highest BCUT2D eigenvalue weighted by atomic mass is 16.5. The minimum Gasteiger partial charge on any atom is -0.379 e. The molecule has 3 heterocycles. The maximum Gasteiger partial charge on any atom is 0.205 e. The van der Waals surface area contributed by atoms with E-state index >= 15 is 0 Å². The van der Waals surface area contributed by atoms with Crippen molar-refractivity contribution in [2.24, 2.45) is 0 Å². The first-order valence-electron chi connectivity index (χ1n) is 6.40. The van der Waals surface area contributed by atoms with E-state index in [-0.39, 0.29) is 0 Å². The fourth-order valence-electron chi connectivity index (χ4n) is 2.01. The molecule has 2 aromatic heterocycles. The predicted octanol–water partition coefficient (Wildman–Crippen LogP) is 0.0673. The normalized spacial score (nSPS) is 16.6. The molecule has 1 fully saturated rings. The highest BCUT2D eigenvalue weighted by molar-refractivity contribution is 5.51. The van der Waals surface area contributed by atoms with Gasteiger partial charge in [-0.3, -0.25) is 9.88 Å². The summed E-state index contributed by atoms with van der Waals surface area (Å²) in [5, 5.41) is 12.5. The lowest BCUT2D eigenvalue weighted by Gasteiger charge is -2.25. The van der Waals surface area contributed by atoms with Crippen LogP contribution in [0.3, 0.4) is 0 Å². The molecule has 100 valence electrons. The lowest BCUT2D eigenvalue weighted by atomic mass is 10.3. The Morgan fingerprint density at radius 2 is 1.89 bits per heavy atom. The Bertz CT molecular complexity index is 508. The molecule has 7 heteroatoms. The van der Waals surface area contributed by atoms with Gasteiger partial charge in [0.25, 0.3) is 0 Å². The first kappa shape index (κ1) is 12.2. The summed E-state index contributed by atoms with van der Waals surface area (Å²) in [5.74, 6) is 0.643. The first-order chi connectivity index (χ1) is 9.42. The van der Waals surface area contributed by atoms with E-state index in [1.807, 2.05) is 12.1 Å². The fraction of sp³-hybridized carbons (Fsp3) is 0.500. The van der Waals surface area contributed by atoms with Crippen LogP contribution in [0.5, 0.6) is 0 Å². The quantitative estimate of drug-likeness (QED) is 0.774. The second-order valence-electron chi connectivity index (χ2n) is 4.40. The molecule has 3 rings (SSSR count). The van der Waals surface area contributed by atoms with E-state index in [2.05, 4.69) is 25.3 Å². The van der Waals surface area contributed by atoms with E-state index in [1.165, 1.54) is 0 Å². The van der Waals surface area contributed by atoms with Crippen LogP contribution in [0.2, 0.25) is 0 Å². The second kappa shape index (κ2) is 5.85. The molecule has 1 saturated heterocycles. The van der Waals surface area contributed by atoms with Crippen molar-refractivity contribution in [3.8, 4) is 11.4 Å². The van der Waals surface area contributed by atoms with Gasteiger partial charge in [0.05, 0.1) is 19.8 Å². The molecule has 0 amide bonds. The van der Waals surface area contributed by atoms with Gasteiger partial charge in [0.2, 0.25) is 5.82 Å². The van der Waals surface area contributed by atoms with Gasteiger partial charge in [-0.05, 0) is 17.3 Å². The minimum absolute atomic E-state index is 0.643. The zero-order chi connectivity index (χ0) is 12.9. The van der Waals surface area contributed by atoms with Crippen LogP contribution in [0.25, 0.3) is 11.4 Å². The summed E-state index contributed by atoms with van der Waals surface area (Å²) in [6.07, 6.45) is 3.45. The smallest absolute Gasteiger partial charge is 0.205 e. The summed E-state index contributed by atoms with van der Waals surface area (Å²) in [5.41, 5.74) is 0.938. The standard InChI is InChI=1S/C12H16N6O/c1-3-13-4-2-11(1)12-14-16-18(15-12)6-5-17-7-9-19-10-8-17/h1-4H,5-10H2. The highest BCUT2D eigenvalue weighted by Gasteiger charge is 2.11. The average molecular weight is 260 g/mol. The lowest BCUT2D eigenvalue weighted by Crippen LogP contribution is -2.38. The lowest BCUT2D eigenvalue weighted by molar-refractivity contribution is 0.0354. The molecule has 0 N–H and O–H groups in total. The molecule has 0 aromatic carbocycles. The van der Waals surface area contributed by atoms with Gasteiger partial charge in [-0.2, -0.15) is 4.80 Å². The number of nitrogens with zero attached hydrogens (tertiary/aromatic N) is 6. The number of ether oxygens (including phenoxy) is 1. The Kier molecular flexibility index (Phi) is 3.75. The number of morpholine rings is 1. The first-order valence-corrected chi connectivity index (χ1v) is 6.40. The van der Waals surface area contributed by atoms with Crippen molar-refractivity contribution in [2.75, 3.05) is 32.8 Å². The number of hydrogen-bond acceptors (Lipinski definition) is 6. The summed E-state index contributed by atoms with van der Waals surface area (Å²) in [6.45, 7) is 5.26. The molecular weight excluding hydrogens is 244 g/mol. The van der Waals surface area contributed by atoms with Crippen molar-refractivity contribution in [2.45, 2.75) is 6.54 Å². The Balaban J connectivity index is 1.59. The van der Waals surface area contributed by atoms with Crippen molar-refractivity contribution in [1.82, 2.24) is 30.1 Å². The third kappa shape index (κ3) is 3.12. The Morgan fingerprint density at radius 1 is 1.11 bits per heavy atom. The topological polar surface area (TPSA) is 69.0 Å². The molecule has 0 bridgehead atoms. The fourth-order valence-corrected chi connectivity index (χ4v) is 2.01. The third-order valence-electron chi connectivity index (χ3n) is 3.11. The minimum atomic E-state index is 0.643. The van der Waals surface area contributed by atoms with Crippen LogP contribution in [-0.4, -0.2) is 62.9 Å². The summed E-state index contributed by atoms with van der Waals surface area (Å²) < 4.78 is 5.32. The number of pyridine rings is 1. The Morgan fingerprint density at radius 3 is 2.68 bits per heavy atom. The van der Waals surface area contributed by atoms with Crippen molar-refractivity contribution in [3.05, 3.63) is 24.5 Å². The van der Waals surface area contributed by atoms with E-state index < -0.39 is 0 Å². The zero-order valence-corrected chi connectivity index (χ0v) is 10.6. The summed E-state index contributed by atoms with van der Waals surface area (Å²) >= 11 is 0. The summed E-state index contributed by atoms with van der Waals surface area (Å²) in [4.78, 5) is 7.96. The van der Waals surface area contributed by atoms with Crippen molar-refractivity contribution < 1.29 is 4.74 Å². The molecule has 2 aromatic rings. The molecule has 19 heavy (non-hydrogen) atoms. The third-order valence-corrected chi connectivity index (χ3v) is 3.11. The van der Waals surface area contributed by atoms with E-state index in [1.54, 1.807) is 17.2 Å². The molecular formula is C12H16N6O. The van der Waals surface area contributed by atoms with E-state index in [4.69, 9.17) is 4.74 Å². The van der Waals surface area contributed by atoms with Gasteiger partial charge in [0, 0.05) is 37.6 Å². The predicted molar refractivity (Wildman–Crippen MR) is 68.3 cm³/mol. The molecule has 0 spiro atoms. The van der Waals surface area contributed by atoms with Gasteiger partial charge in [-0.15, -0.1) is 10.2 Å². The van der Waals surface area contributed by atoms with Crippen LogP contribution in [0.1, 0.15) is 0 Å². The van der Waals surface area contributed by atoms with E-state index in [9.17, 15) is 0 Å². The van der Waals surface area contributed by atoms with Crippen LogP contribution in [-0.2, 0) is 11.3 Å². The van der Waals surface area contributed by atoms with Gasteiger partial charge in [0.15, 0.2) is 0 Å². The zero-order valence-electron chi connectivity index (χ0n) is 10.6. The van der Waals surface area contributed by atoms with Gasteiger partial charge in [-0.1, -0.05) is 0 Å². The Hall–Kier alpha value is -1.86. The largest absolute Gasteiger partial charge is 0.379 e. The number of rotatable bonds is 4. The average Bonchev–Trinajstić information content (AvgIpc) is 2.96. The van der Waals surface area contributed by atoms with E-state index in [0.29, 0.717) is 5.82 Å². The molecule has 0 unspecified atom stereocenters. The SMILES string of the molecule is c1cc(-c2nnn(CCN3CCOCC3)n2)ccn1. The number of hydrogen-bond donors (Lipinski definition) is 0. The molecule has 7 nitrogen and oxygen atoms in total. The monoisotopic (exact) mass is 260 g/mol. The molecule has 0 radical (unpaired) electrons. The highest BCUT2D eigenvalue weighted by Crippen LogP contribution is 2.10. The van der Waals surface area contributed by atoms with Gasteiger partial charge in [0.1, 0.15) is 0 Å². The van der Waals surface area contributed by atoms with Crippen molar-refractivity contribution in [3.63, 3.8) is 0 Å². The molecule has 0 aliphatic carbocycles. The van der Waals surface area contributed by atoms with Gasteiger partial charge < -0.3 is 4.74 Å². The summed E-state index contributed by atoms with van der Waals surface area (Å²) in [6, 6.07) is 3.76. The van der Waals surface area contributed by atoms with E-state index in [0.717, 1.165) is 45.0 Å². The van der Waals surface area contributed by atoms with Crippen molar-refractivity contribution >= 4 is 0 Å². The summed E-state index contributed by atoms with van der Waals surface area (Å²) in [7, 11) is 0. The number of tetrazole rings is 1. The van der Waals surface area contributed by atoms with Crippen LogP contribution in [0, 0.1) is 0 Å². The molecule has 1 aliphatic rings. The van der Waals surface area contributed by atoms with Crippen LogP contribution >= 0.6 is 0 Å². The molecule has 1 aliphatic heterocycles. The maximum absolute atomic E-state index is 5.32.